The Hall–Kier alpha value is -0.550. The number of carboxylic acid groups (broad SMARTS) is 1. The van der Waals surface area contributed by atoms with Crippen LogP contribution in [-0.2, 0) is 4.79 Å². The summed E-state index contributed by atoms with van der Waals surface area (Å²) in [6, 6.07) is 0. The van der Waals surface area contributed by atoms with Crippen molar-refractivity contribution in [2.24, 2.45) is 0 Å². The van der Waals surface area contributed by atoms with E-state index in [0.717, 1.165) is 6.08 Å². The molecule has 3 N–H and O–H groups in total. The summed E-state index contributed by atoms with van der Waals surface area (Å²) < 4.78 is 0. The second-order valence-electron chi connectivity index (χ2n) is 2.59. The molecule has 0 saturated heterocycles. The van der Waals surface area contributed by atoms with Crippen LogP contribution in [0.15, 0.2) is 22.2 Å². The van der Waals surface area contributed by atoms with E-state index in [9.17, 15) is 15.0 Å². The Balaban J connectivity index is 3.16. The topological polar surface area (TPSA) is 77.8 Å². The molecule has 13 heavy (non-hydrogen) atoms. The molecule has 1 rings (SSSR count). The lowest BCUT2D eigenvalue weighted by Crippen LogP contribution is -2.49. The molecule has 0 aliphatic heterocycles. The van der Waals surface area contributed by atoms with Crippen LogP contribution in [0.1, 0.15) is 0 Å². The maximum Gasteiger partial charge on any atom is 0.343 e. The molecular weight excluding hydrogens is 219 g/mol. The van der Waals surface area contributed by atoms with Crippen molar-refractivity contribution in [2.75, 3.05) is 0 Å². The van der Waals surface area contributed by atoms with Crippen LogP contribution >= 0.6 is 23.2 Å². The van der Waals surface area contributed by atoms with Crippen molar-refractivity contribution in [3.8, 4) is 0 Å². The highest BCUT2D eigenvalue weighted by atomic mass is 35.5. The summed E-state index contributed by atoms with van der Waals surface area (Å²) in [5, 5.41) is 27.0. The van der Waals surface area contributed by atoms with Crippen molar-refractivity contribution in [3.05, 3.63) is 22.2 Å². The number of carbonyl (C=O) groups is 1. The van der Waals surface area contributed by atoms with E-state index in [0.29, 0.717) is 0 Å². The quantitative estimate of drug-likeness (QED) is 0.604. The van der Waals surface area contributed by atoms with Crippen LogP contribution < -0.4 is 0 Å². The van der Waals surface area contributed by atoms with Gasteiger partial charge in [-0.15, -0.1) is 0 Å². The van der Waals surface area contributed by atoms with Crippen molar-refractivity contribution in [2.45, 2.75) is 11.7 Å². The third-order valence-electron chi connectivity index (χ3n) is 1.65. The largest absolute Gasteiger partial charge is 0.479 e. The van der Waals surface area contributed by atoms with Crippen LogP contribution in [0.25, 0.3) is 0 Å². The van der Waals surface area contributed by atoms with E-state index in [2.05, 4.69) is 0 Å². The van der Waals surface area contributed by atoms with E-state index in [-0.39, 0.29) is 10.1 Å². The summed E-state index contributed by atoms with van der Waals surface area (Å²) in [5.74, 6) is -1.61. The highest BCUT2D eigenvalue weighted by Gasteiger charge is 2.45. The normalized spacial score (nSPS) is 33.7. The average molecular weight is 225 g/mol. The third-order valence-corrected chi connectivity index (χ3v) is 2.19. The minimum Gasteiger partial charge on any atom is -0.479 e. The van der Waals surface area contributed by atoms with Gasteiger partial charge >= 0.3 is 5.97 Å². The molecular formula is C7H6Cl2O4. The van der Waals surface area contributed by atoms with Crippen molar-refractivity contribution in [1.82, 2.24) is 0 Å². The molecule has 2 unspecified atom stereocenters. The maximum absolute atomic E-state index is 10.6. The summed E-state index contributed by atoms with van der Waals surface area (Å²) in [6.45, 7) is 0. The molecule has 4 nitrogen and oxygen atoms in total. The van der Waals surface area contributed by atoms with Gasteiger partial charge in [0, 0.05) is 5.03 Å². The summed E-state index contributed by atoms with van der Waals surface area (Å²) in [5.41, 5.74) is -2.44. The van der Waals surface area contributed by atoms with E-state index in [1.807, 2.05) is 0 Å². The second kappa shape index (κ2) is 3.31. The van der Waals surface area contributed by atoms with Crippen LogP contribution in [-0.4, -0.2) is 33.0 Å². The van der Waals surface area contributed by atoms with Gasteiger partial charge in [0.2, 0.25) is 5.60 Å². The number of aliphatic hydroxyl groups excluding tert-OH is 1. The molecule has 1 aliphatic carbocycles. The monoisotopic (exact) mass is 224 g/mol. The molecule has 6 heteroatoms. The van der Waals surface area contributed by atoms with Gasteiger partial charge in [-0.05, 0) is 12.2 Å². The lowest BCUT2D eigenvalue weighted by Gasteiger charge is -2.28. The zero-order valence-corrected chi connectivity index (χ0v) is 7.75. The lowest BCUT2D eigenvalue weighted by atomic mass is 9.92. The first-order valence-corrected chi connectivity index (χ1v) is 4.03. The Morgan fingerprint density at radius 3 is 2.54 bits per heavy atom. The van der Waals surface area contributed by atoms with Gasteiger partial charge in [-0.2, -0.15) is 0 Å². The first-order valence-electron chi connectivity index (χ1n) is 3.27. The molecule has 0 amide bonds. The van der Waals surface area contributed by atoms with Crippen LogP contribution in [0.4, 0.5) is 0 Å². The molecule has 0 aromatic heterocycles. The molecule has 72 valence electrons. The standard InChI is InChI=1S/C7H6Cl2O4/c8-3-1-4(9)5(10)7(13,2-3)6(11)12/h1-2,5,10,13H,(H,11,12). The molecule has 0 aromatic rings. The summed E-state index contributed by atoms with van der Waals surface area (Å²) in [4.78, 5) is 10.6. The van der Waals surface area contributed by atoms with Gasteiger partial charge < -0.3 is 15.3 Å². The van der Waals surface area contributed by atoms with E-state index in [1.165, 1.54) is 6.08 Å². The van der Waals surface area contributed by atoms with Crippen LogP contribution in [0.3, 0.4) is 0 Å². The molecule has 0 saturated carbocycles. The summed E-state index contributed by atoms with van der Waals surface area (Å²) in [7, 11) is 0. The van der Waals surface area contributed by atoms with E-state index >= 15 is 0 Å². The van der Waals surface area contributed by atoms with Crippen molar-refractivity contribution in [3.63, 3.8) is 0 Å². The van der Waals surface area contributed by atoms with E-state index in [1.54, 1.807) is 0 Å². The Bertz CT molecular complexity index is 310. The third kappa shape index (κ3) is 1.71. The first-order chi connectivity index (χ1) is 5.88. The van der Waals surface area contributed by atoms with Gasteiger partial charge in [0.1, 0.15) is 6.10 Å². The second-order valence-corrected chi connectivity index (χ2v) is 3.46. The lowest BCUT2D eigenvalue weighted by molar-refractivity contribution is -0.161. The summed E-state index contributed by atoms with van der Waals surface area (Å²) in [6.07, 6.45) is 0.313. The van der Waals surface area contributed by atoms with Crippen molar-refractivity contribution >= 4 is 29.2 Å². The fourth-order valence-corrected chi connectivity index (χ4v) is 1.55. The number of aliphatic hydroxyl groups is 2. The fourth-order valence-electron chi connectivity index (χ4n) is 0.930. The van der Waals surface area contributed by atoms with Gasteiger partial charge in [0.05, 0.1) is 5.03 Å². The van der Waals surface area contributed by atoms with Crippen LogP contribution in [0.5, 0.6) is 0 Å². The molecule has 1 aliphatic rings. The van der Waals surface area contributed by atoms with Crippen LogP contribution in [0, 0.1) is 0 Å². The predicted molar refractivity (Wildman–Crippen MR) is 46.5 cm³/mol. The fraction of sp³-hybridized carbons (Fsp3) is 0.286. The predicted octanol–water partition coefficient (Wildman–Crippen LogP) is 0.422. The molecule has 0 heterocycles. The van der Waals surface area contributed by atoms with Gasteiger partial charge in [-0.1, -0.05) is 23.2 Å². The Morgan fingerprint density at radius 2 is 2.08 bits per heavy atom. The number of hydrogen-bond acceptors (Lipinski definition) is 3. The number of aliphatic carboxylic acids is 1. The number of carboxylic acids is 1. The highest BCUT2D eigenvalue weighted by molar-refractivity contribution is 6.35. The van der Waals surface area contributed by atoms with Crippen LogP contribution in [0.2, 0.25) is 0 Å². The first kappa shape index (κ1) is 10.5. The van der Waals surface area contributed by atoms with E-state index < -0.39 is 17.7 Å². The molecule has 0 bridgehead atoms. The number of rotatable bonds is 1. The smallest absolute Gasteiger partial charge is 0.343 e. The SMILES string of the molecule is O=C(O)C1(O)C=C(Cl)C=C(Cl)C1O. The van der Waals surface area contributed by atoms with Gasteiger partial charge in [0.25, 0.3) is 0 Å². The molecule has 0 spiro atoms. The van der Waals surface area contributed by atoms with Gasteiger partial charge in [-0.3, -0.25) is 0 Å². The zero-order valence-electron chi connectivity index (χ0n) is 6.24. The number of hydrogen-bond donors (Lipinski definition) is 3. The van der Waals surface area contributed by atoms with Crippen molar-refractivity contribution < 1.29 is 20.1 Å². The Kier molecular flexibility index (Phi) is 2.68. The van der Waals surface area contributed by atoms with Gasteiger partial charge in [0.15, 0.2) is 0 Å². The molecule has 0 aromatic carbocycles. The molecule has 0 radical (unpaired) electrons. The van der Waals surface area contributed by atoms with Crippen molar-refractivity contribution in [1.29, 1.82) is 0 Å². The average Bonchev–Trinajstić information content (AvgIpc) is 1.99. The zero-order chi connectivity index (χ0) is 10.2. The highest BCUT2D eigenvalue weighted by Crippen LogP contribution is 2.30. The number of halogens is 2. The maximum atomic E-state index is 10.6. The van der Waals surface area contributed by atoms with Gasteiger partial charge in [-0.25, -0.2) is 4.79 Å². The Morgan fingerprint density at radius 1 is 1.54 bits per heavy atom. The Labute approximate surface area is 83.7 Å². The number of allylic oxidation sites excluding steroid dienone is 2. The molecule has 0 fully saturated rings. The minimum atomic E-state index is -2.44. The summed E-state index contributed by atoms with van der Waals surface area (Å²) >= 11 is 10.9. The van der Waals surface area contributed by atoms with E-state index in [4.69, 9.17) is 28.3 Å². The minimum absolute atomic E-state index is 0.0276. The molecule has 2 atom stereocenters.